The lowest BCUT2D eigenvalue weighted by Gasteiger charge is -2.18. The fraction of sp³-hybridized carbons (Fsp3) is 0.400. The molecule has 5 heteroatoms. The van der Waals surface area contributed by atoms with Crippen molar-refractivity contribution in [1.82, 2.24) is 5.32 Å². The van der Waals surface area contributed by atoms with Crippen molar-refractivity contribution in [3.8, 4) is 0 Å². The summed E-state index contributed by atoms with van der Waals surface area (Å²) < 4.78 is 13.7. The Kier molecular flexibility index (Phi) is 5.45. The second kappa shape index (κ2) is 7.21. The zero-order chi connectivity index (χ0) is 18.8. The standard InChI is InChI=1S/C20H26FN3O/c1-12(2)17(14(4)18(22-6)24-20(5)9-10-20)19(25)23-15-8-7-13(3)16(21)11-15/h7-8,11,24H,6,9-10H2,1-5H3,(H,23,25)/b18-14-. The first-order valence-corrected chi connectivity index (χ1v) is 8.38. The van der Waals surface area contributed by atoms with Crippen molar-refractivity contribution in [3.63, 3.8) is 0 Å². The van der Waals surface area contributed by atoms with Crippen LogP contribution in [0.25, 0.3) is 0 Å². The van der Waals surface area contributed by atoms with Crippen molar-refractivity contribution in [3.05, 3.63) is 52.1 Å². The van der Waals surface area contributed by atoms with Gasteiger partial charge in [-0.3, -0.25) is 4.79 Å². The highest BCUT2D eigenvalue weighted by atomic mass is 19.1. The molecule has 0 unspecified atom stereocenters. The summed E-state index contributed by atoms with van der Waals surface area (Å²) >= 11 is 0. The number of carbonyl (C=O) groups is 1. The van der Waals surface area contributed by atoms with Gasteiger partial charge in [0.05, 0.1) is 0 Å². The lowest BCUT2D eigenvalue weighted by molar-refractivity contribution is -0.112. The average molecular weight is 343 g/mol. The fourth-order valence-electron chi connectivity index (χ4n) is 2.61. The molecule has 1 aliphatic rings. The maximum absolute atomic E-state index is 13.7. The third-order valence-corrected chi connectivity index (χ3v) is 4.47. The molecule has 1 fully saturated rings. The molecule has 0 spiro atoms. The molecule has 1 aromatic rings. The van der Waals surface area contributed by atoms with Crippen LogP contribution in [-0.2, 0) is 4.79 Å². The summed E-state index contributed by atoms with van der Waals surface area (Å²) in [6.45, 7) is 13.0. The van der Waals surface area contributed by atoms with Gasteiger partial charge in [0.2, 0.25) is 0 Å². The molecule has 2 N–H and O–H groups in total. The largest absolute Gasteiger partial charge is 0.365 e. The molecule has 0 aromatic heterocycles. The zero-order valence-electron chi connectivity index (χ0n) is 15.6. The molecule has 0 aliphatic heterocycles. The number of nitrogens with zero attached hydrogens (tertiary/aromatic N) is 1. The monoisotopic (exact) mass is 343 g/mol. The lowest BCUT2D eigenvalue weighted by Crippen LogP contribution is -2.28. The fourth-order valence-corrected chi connectivity index (χ4v) is 2.61. The first kappa shape index (κ1) is 18.9. The molecule has 1 aromatic carbocycles. The first-order valence-electron chi connectivity index (χ1n) is 8.38. The molecule has 1 amide bonds. The molecule has 0 heterocycles. The third kappa shape index (κ3) is 4.56. The van der Waals surface area contributed by atoms with E-state index in [-0.39, 0.29) is 17.3 Å². The molecule has 25 heavy (non-hydrogen) atoms. The van der Waals surface area contributed by atoms with Gasteiger partial charge in [0, 0.05) is 22.4 Å². The summed E-state index contributed by atoms with van der Waals surface area (Å²) in [5.74, 6) is -0.0216. The van der Waals surface area contributed by atoms with Gasteiger partial charge in [-0.2, -0.15) is 0 Å². The predicted octanol–water partition coefficient (Wildman–Crippen LogP) is 4.48. The minimum atomic E-state index is -0.347. The van der Waals surface area contributed by atoms with E-state index in [9.17, 15) is 9.18 Å². The molecule has 1 aliphatic carbocycles. The van der Waals surface area contributed by atoms with Crippen molar-refractivity contribution >= 4 is 18.3 Å². The molecule has 134 valence electrons. The second-order valence-electron chi connectivity index (χ2n) is 7.11. The van der Waals surface area contributed by atoms with E-state index in [4.69, 9.17) is 0 Å². The number of nitrogens with one attached hydrogen (secondary N) is 2. The zero-order valence-corrected chi connectivity index (χ0v) is 15.6. The summed E-state index contributed by atoms with van der Waals surface area (Å²) in [5.41, 5.74) is 3.10. The highest BCUT2D eigenvalue weighted by Crippen LogP contribution is 2.36. The van der Waals surface area contributed by atoms with Gasteiger partial charge in [-0.15, -0.1) is 0 Å². The van der Waals surface area contributed by atoms with Crippen molar-refractivity contribution in [1.29, 1.82) is 0 Å². The summed E-state index contributed by atoms with van der Waals surface area (Å²) in [6.07, 6.45) is 2.14. The van der Waals surface area contributed by atoms with Gasteiger partial charge >= 0.3 is 0 Å². The number of halogens is 1. The maximum Gasteiger partial charge on any atom is 0.255 e. The van der Waals surface area contributed by atoms with Crippen LogP contribution < -0.4 is 10.6 Å². The Hall–Kier alpha value is -2.43. The lowest BCUT2D eigenvalue weighted by atomic mass is 10.0. The second-order valence-corrected chi connectivity index (χ2v) is 7.11. The Morgan fingerprint density at radius 2 is 1.92 bits per heavy atom. The number of aryl methyl sites for hydroxylation is 1. The molecule has 0 atom stereocenters. The summed E-state index contributed by atoms with van der Waals surface area (Å²) in [4.78, 5) is 16.9. The number of benzene rings is 1. The van der Waals surface area contributed by atoms with Crippen LogP contribution in [0.2, 0.25) is 0 Å². The molecule has 1 saturated carbocycles. The van der Waals surface area contributed by atoms with E-state index in [1.165, 1.54) is 6.07 Å². The van der Waals surface area contributed by atoms with Gasteiger partial charge in [0.1, 0.15) is 11.6 Å². The summed E-state index contributed by atoms with van der Waals surface area (Å²) in [5, 5.41) is 6.13. The minimum absolute atomic E-state index is 0.0289. The average Bonchev–Trinajstić information content (AvgIpc) is 3.26. The van der Waals surface area contributed by atoms with Crippen LogP contribution >= 0.6 is 0 Å². The topological polar surface area (TPSA) is 53.5 Å². The van der Waals surface area contributed by atoms with Gasteiger partial charge in [0.15, 0.2) is 0 Å². The molecular weight excluding hydrogens is 317 g/mol. The van der Waals surface area contributed by atoms with E-state index < -0.39 is 0 Å². The molecule has 4 nitrogen and oxygen atoms in total. The van der Waals surface area contributed by atoms with Gasteiger partial charge in [-0.1, -0.05) is 11.6 Å². The Labute approximate surface area is 148 Å². The smallest absolute Gasteiger partial charge is 0.255 e. The number of allylic oxidation sites excluding steroid dienone is 1. The SMILES string of the molecule is C=N/C(NC1(C)CC1)=C(\C)C(C(=O)Nc1ccc(C)c(F)c1)=C(C)C. The normalized spacial score (nSPS) is 15.8. The van der Waals surface area contributed by atoms with Gasteiger partial charge < -0.3 is 10.6 Å². The van der Waals surface area contributed by atoms with E-state index in [1.807, 2.05) is 20.8 Å². The Morgan fingerprint density at radius 3 is 2.40 bits per heavy atom. The number of rotatable bonds is 6. The first-order chi connectivity index (χ1) is 11.7. The highest BCUT2D eigenvalue weighted by molar-refractivity contribution is 6.07. The molecule has 0 bridgehead atoms. The van der Waals surface area contributed by atoms with Crippen LogP contribution in [0.5, 0.6) is 0 Å². The van der Waals surface area contributed by atoms with Crippen LogP contribution in [0, 0.1) is 12.7 Å². The molecule has 0 saturated heterocycles. The van der Waals surface area contributed by atoms with E-state index in [1.54, 1.807) is 19.1 Å². The van der Waals surface area contributed by atoms with Crippen molar-refractivity contribution in [2.24, 2.45) is 4.99 Å². The van der Waals surface area contributed by atoms with Gasteiger partial charge in [-0.05, 0) is 71.9 Å². The van der Waals surface area contributed by atoms with Crippen LogP contribution in [0.1, 0.15) is 46.1 Å². The summed E-state index contributed by atoms with van der Waals surface area (Å²) in [6, 6.07) is 4.65. The van der Waals surface area contributed by atoms with Crippen LogP contribution in [-0.4, -0.2) is 18.2 Å². The number of amides is 1. The predicted molar refractivity (Wildman–Crippen MR) is 101 cm³/mol. The molecular formula is C20H26FN3O. The minimum Gasteiger partial charge on any atom is -0.365 e. The number of hydrogen-bond donors (Lipinski definition) is 2. The number of anilines is 1. The number of carbonyl (C=O) groups excluding carboxylic acids is 1. The van der Waals surface area contributed by atoms with Crippen molar-refractivity contribution < 1.29 is 9.18 Å². The summed E-state index contributed by atoms with van der Waals surface area (Å²) in [7, 11) is 0. The van der Waals surface area contributed by atoms with E-state index in [2.05, 4.69) is 29.3 Å². The Bertz CT molecular complexity index is 769. The van der Waals surface area contributed by atoms with Gasteiger partial charge in [0.25, 0.3) is 5.91 Å². The van der Waals surface area contributed by atoms with E-state index >= 15 is 0 Å². The quantitative estimate of drug-likeness (QED) is 0.454. The Morgan fingerprint density at radius 1 is 1.28 bits per heavy atom. The van der Waals surface area contributed by atoms with E-state index in [0.29, 0.717) is 22.6 Å². The van der Waals surface area contributed by atoms with Crippen LogP contribution in [0.3, 0.4) is 0 Å². The Balaban J connectivity index is 2.30. The van der Waals surface area contributed by atoms with Gasteiger partial charge in [-0.25, -0.2) is 9.38 Å². The van der Waals surface area contributed by atoms with Crippen LogP contribution in [0.4, 0.5) is 10.1 Å². The highest BCUT2D eigenvalue weighted by Gasteiger charge is 2.38. The van der Waals surface area contributed by atoms with Crippen molar-refractivity contribution in [2.45, 2.75) is 53.0 Å². The maximum atomic E-state index is 13.7. The van der Waals surface area contributed by atoms with Crippen LogP contribution in [0.15, 0.2) is 45.7 Å². The third-order valence-electron chi connectivity index (χ3n) is 4.47. The number of aliphatic imine (C=N–C) groups is 1. The van der Waals surface area contributed by atoms with E-state index in [0.717, 1.165) is 24.0 Å². The number of hydrogen-bond acceptors (Lipinski definition) is 3. The molecule has 0 radical (unpaired) electrons. The molecule has 2 rings (SSSR count). The van der Waals surface area contributed by atoms with Crippen molar-refractivity contribution in [2.75, 3.05) is 5.32 Å².